The second-order valence-electron chi connectivity index (χ2n) is 8.19. The van der Waals surface area contributed by atoms with Gasteiger partial charge in [0.15, 0.2) is 12.2 Å². The Balaban J connectivity index is 2.03. The molecule has 0 bridgehead atoms. The van der Waals surface area contributed by atoms with Crippen LogP contribution in [0.5, 0.6) is 0 Å². The highest BCUT2D eigenvalue weighted by molar-refractivity contribution is 5.75. The van der Waals surface area contributed by atoms with E-state index in [9.17, 15) is 45.6 Å². The van der Waals surface area contributed by atoms with Crippen LogP contribution in [0.15, 0.2) is 4.99 Å². The monoisotopic (exact) mass is 498 g/mol. The van der Waals surface area contributed by atoms with Crippen LogP contribution in [-0.2, 0) is 19.0 Å². The molecule has 2 aliphatic heterocycles. The van der Waals surface area contributed by atoms with E-state index in [0.717, 1.165) is 0 Å². The third-order valence-corrected chi connectivity index (χ3v) is 5.64. The number of nitrogens with one attached hydrogen (secondary N) is 1. The first-order chi connectivity index (χ1) is 15.9. The van der Waals surface area contributed by atoms with E-state index in [-0.39, 0.29) is 18.9 Å². The number of nitrogens with two attached hydrogens (primary N) is 2. The molecule has 0 aromatic carbocycles. The number of aliphatic hydroxyl groups excluding tert-OH is 6. The molecule has 34 heavy (non-hydrogen) atoms. The lowest BCUT2D eigenvalue weighted by atomic mass is 9.95. The number of hydrogen-bond donors (Lipinski definition) is 11. The summed E-state index contributed by atoms with van der Waals surface area (Å²) in [5, 5.41) is 82.7. The predicted octanol–water partition coefficient (Wildman–Crippen LogP) is -6.29. The number of rotatable bonds is 11. The van der Waals surface area contributed by atoms with Gasteiger partial charge in [0.2, 0.25) is 5.79 Å². The van der Waals surface area contributed by atoms with Crippen LogP contribution in [0.1, 0.15) is 12.8 Å². The zero-order chi connectivity index (χ0) is 25.6. The van der Waals surface area contributed by atoms with Crippen molar-refractivity contribution in [2.75, 3.05) is 26.3 Å². The number of carboxylic acid groups (broad SMARTS) is 1. The van der Waals surface area contributed by atoms with E-state index in [1.54, 1.807) is 0 Å². The summed E-state index contributed by atoms with van der Waals surface area (Å²) in [4.78, 5) is 15.3. The summed E-state index contributed by atoms with van der Waals surface area (Å²) in [7, 11) is 0. The van der Waals surface area contributed by atoms with E-state index in [0.29, 0.717) is 6.42 Å². The predicted molar refractivity (Wildman–Crippen MR) is 111 cm³/mol. The van der Waals surface area contributed by atoms with Gasteiger partial charge in [0.1, 0.15) is 48.8 Å². The number of carboxylic acids is 1. The number of hydrogen-bond acceptors (Lipinski definition) is 13. The largest absolute Gasteiger partial charge is 0.480 e. The maximum Gasteiger partial charge on any atom is 0.320 e. The molecule has 10 atom stereocenters. The summed E-state index contributed by atoms with van der Waals surface area (Å²) in [6, 6.07) is -1.16. The van der Waals surface area contributed by atoms with E-state index >= 15 is 0 Å². The van der Waals surface area contributed by atoms with Gasteiger partial charge in [-0.15, -0.1) is 0 Å². The fraction of sp³-hybridized carbons (Fsp3) is 0.889. The van der Waals surface area contributed by atoms with Crippen molar-refractivity contribution < 1.29 is 59.9 Å². The van der Waals surface area contributed by atoms with E-state index in [1.807, 2.05) is 0 Å². The molecule has 2 rings (SSSR count). The Labute approximate surface area is 194 Å². The van der Waals surface area contributed by atoms with Crippen molar-refractivity contribution in [1.29, 1.82) is 0 Å². The lowest BCUT2D eigenvalue weighted by molar-refractivity contribution is -0.367. The number of carbonyl (C=O) groups is 1. The minimum atomic E-state index is -2.41. The summed E-state index contributed by atoms with van der Waals surface area (Å²) in [5.74, 6) is -3.80. The quantitative estimate of drug-likeness (QED) is 0.0717. The molecule has 0 amide bonds. The molecule has 2 fully saturated rings. The van der Waals surface area contributed by atoms with Gasteiger partial charge in [-0.25, -0.2) is 0 Å². The molecule has 0 radical (unpaired) electrons. The van der Waals surface area contributed by atoms with Crippen molar-refractivity contribution in [3.8, 4) is 0 Å². The van der Waals surface area contributed by atoms with Crippen LogP contribution in [0.25, 0.3) is 0 Å². The zero-order valence-electron chi connectivity index (χ0n) is 18.3. The number of ether oxygens (including phenoxy) is 3. The van der Waals surface area contributed by atoms with E-state index in [2.05, 4.69) is 10.3 Å². The standard InChI is InChI=1S/C18H34N4O12/c19-17(20)21-3-1-2-7(15(29)30)22-6-18(31)14(28)13(8(24)5-32-18)34-16-12(27)11(26)10(25)9(4-23)33-16/h7-14,16,22-28,31H,1-6H2,(H,29,30)(H4,19,20,21)/t7?,8-,9-,10+,11+,12-,13-,14+,16+,18-/m1/s1. The van der Waals surface area contributed by atoms with Crippen LogP contribution in [0.2, 0.25) is 0 Å². The van der Waals surface area contributed by atoms with Crippen molar-refractivity contribution in [2.45, 2.75) is 73.7 Å². The summed E-state index contributed by atoms with van der Waals surface area (Å²) < 4.78 is 15.7. The SMILES string of the molecule is NC(N)=NCCCC(NC[C@@]1(O)OC[C@@H](O)[C@@H](O[C@@H]2O[C@H](CO)[C@H](O)[C@H](O)[C@H]2O)[C@@H]1O)C(=O)O. The van der Waals surface area contributed by atoms with Crippen LogP contribution in [0.3, 0.4) is 0 Å². The molecule has 2 saturated heterocycles. The molecular weight excluding hydrogens is 464 g/mol. The summed E-state index contributed by atoms with van der Waals surface area (Å²) >= 11 is 0. The van der Waals surface area contributed by atoms with E-state index in [4.69, 9.17) is 25.7 Å². The van der Waals surface area contributed by atoms with Crippen LogP contribution in [-0.4, -0.2) is 140 Å². The lowest BCUT2D eigenvalue weighted by Gasteiger charge is -2.47. The smallest absolute Gasteiger partial charge is 0.320 e. The molecule has 0 spiro atoms. The maximum atomic E-state index is 11.5. The van der Waals surface area contributed by atoms with Crippen LogP contribution < -0.4 is 16.8 Å². The summed E-state index contributed by atoms with van der Waals surface area (Å²) in [6.45, 7) is -1.68. The highest BCUT2D eigenvalue weighted by Crippen LogP contribution is 2.30. The first-order valence-corrected chi connectivity index (χ1v) is 10.6. The van der Waals surface area contributed by atoms with Gasteiger partial charge in [0.25, 0.3) is 0 Å². The molecule has 16 heteroatoms. The maximum absolute atomic E-state index is 11.5. The van der Waals surface area contributed by atoms with Crippen LogP contribution in [0.4, 0.5) is 0 Å². The second-order valence-corrected chi connectivity index (χ2v) is 8.19. The number of nitrogens with zero attached hydrogens (tertiary/aromatic N) is 1. The minimum absolute atomic E-state index is 0.0751. The van der Waals surface area contributed by atoms with Crippen molar-refractivity contribution in [3.63, 3.8) is 0 Å². The zero-order valence-corrected chi connectivity index (χ0v) is 18.3. The van der Waals surface area contributed by atoms with Gasteiger partial charge >= 0.3 is 5.97 Å². The van der Waals surface area contributed by atoms with Gasteiger partial charge in [-0.3, -0.25) is 15.1 Å². The highest BCUT2D eigenvalue weighted by Gasteiger charge is 2.53. The molecule has 0 saturated carbocycles. The fourth-order valence-electron chi connectivity index (χ4n) is 3.62. The Morgan fingerprint density at radius 3 is 2.44 bits per heavy atom. The molecule has 2 heterocycles. The number of aliphatic imine (C=N–C) groups is 1. The Hall–Kier alpha value is -1.70. The second kappa shape index (κ2) is 12.3. The third-order valence-electron chi connectivity index (χ3n) is 5.64. The molecular formula is C18H34N4O12. The van der Waals surface area contributed by atoms with Gasteiger partial charge in [-0.1, -0.05) is 0 Å². The first-order valence-electron chi connectivity index (χ1n) is 10.6. The van der Waals surface area contributed by atoms with E-state index in [1.165, 1.54) is 0 Å². The molecule has 16 nitrogen and oxygen atoms in total. The summed E-state index contributed by atoms with van der Waals surface area (Å²) in [5.41, 5.74) is 10.4. The molecule has 198 valence electrons. The van der Waals surface area contributed by atoms with Gasteiger partial charge in [0.05, 0.1) is 19.8 Å². The average molecular weight is 498 g/mol. The Kier molecular flexibility index (Phi) is 10.3. The Bertz CT molecular complexity index is 696. The van der Waals surface area contributed by atoms with E-state index < -0.39 is 86.6 Å². The van der Waals surface area contributed by atoms with Gasteiger partial charge < -0.3 is 66.5 Å². The average Bonchev–Trinajstić information content (AvgIpc) is 2.78. The summed E-state index contributed by atoms with van der Waals surface area (Å²) in [6.07, 6.45) is -12.9. The highest BCUT2D eigenvalue weighted by atomic mass is 16.7. The fourth-order valence-corrected chi connectivity index (χ4v) is 3.62. The van der Waals surface area contributed by atoms with Gasteiger partial charge in [-0.05, 0) is 12.8 Å². The molecule has 13 N–H and O–H groups in total. The Morgan fingerprint density at radius 1 is 1.18 bits per heavy atom. The van der Waals surface area contributed by atoms with Gasteiger partial charge in [-0.2, -0.15) is 0 Å². The molecule has 0 aromatic rings. The third kappa shape index (κ3) is 6.92. The van der Waals surface area contributed by atoms with Crippen LogP contribution >= 0.6 is 0 Å². The van der Waals surface area contributed by atoms with Crippen LogP contribution in [0, 0.1) is 0 Å². The minimum Gasteiger partial charge on any atom is -0.480 e. The van der Waals surface area contributed by atoms with Crippen molar-refractivity contribution in [3.05, 3.63) is 0 Å². The first kappa shape index (κ1) is 28.5. The molecule has 1 unspecified atom stereocenters. The van der Waals surface area contributed by atoms with Gasteiger partial charge in [0, 0.05) is 6.54 Å². The van der Waals surface area contributed by atoms with Crippen molar-refractivity contribution >= 4 is 11.9 Å². The van der Waals surface area contributed by atoms with Crippen molar-refractivity contribution in [1.82, 2.24) is 5.32 Å². The number of aliphatic carboxylic acids is 1. The number of aliphatic hydroxyl groups is 7. The Morgan fingerprint density at radius 2 is 1.85 bits per heavy atom. The van der Waals surface area contributed by atoms with Crippen molar-refractivity contribution in [2.24, 2.45) is 16.5 Å². The lowest BCUT2D eigenvalue weighted by Crippen LogP contribution is -2.68. The topological polar surface area (TPSA) is 283 Å². The molecule has 2 aliphatic rings. The molecule has 0 aliphatic carbocycles. The number of guanidine groups is 1. The normalized spacial score (nSPS) is 39.4. The molecule has 0 aromatic heterocycles.